The third-order valence-electron chi connectivity index (χ3n) is 4.11. The summed E-state index contributed by atoms with van der Waals surface area (Å²) in [5, 5.41) is 5.65. The highest BCUT2D eigenvalue weighted by atomic mass is 32.1. The van der Waals surface area contributed by atoms with Crippen LogP contribution in [0.15, 0.2) is 67.0 Å². The number of nitrogens with one attached hydrogen (secondary N) is 1. The molecule has 0 bridgehead atoms. The van der Waals surface area contributed by atoms with E-state index in [1.807, 2.05) is 18.2 Å². The number of methoxy groups -OCH3 is 1. The number of hydrogen-bond donors (Lipinski definition) is 1. The van der Waals surface area contributed by atoms with Gasteiger partial charge in [0.15, 0.2) is 0 Å². The van der Waals surface area contributed by atoms with Crippen LogP contribution in [-0.2, 0) is 0 Å². The number of allylic oxidation sites excluding steroid dienone is 1. The van der Waals surface area contributed by atoms with Crippen molar-refractivity contribution in [3.63, 3.8) is 0 Å². The molecule has 0 unspecified atom stereocenters. The van der Waals surface area contributed by atoms with Crippen LogP contribution in [0.5, 0.6) is 5.75 Å². The smallest absolute Gasteiger partial charge is 0.145 e. The summed E-state index contributed by atoms with van der Waals surface area (Å²) in [5.74, 6) is 1.01. The molecule has 4 nitrogen and oxygen atoms in total. The third kappa shape index (κ3) is 4.17. The van der Waals surface area contributed by atoms with Crippen molar-refractivity contribution in [3.8, 4) is 16.9 Å². The fourth-order valence-corrected chi connectivity index (χ4v) is 2.89. The van der Waals surface area contributed by atoms with Gasteiger partial charge in [0.05, 0.1) is 7.11 Å². The van der Waals surface area contributed by atoms with Crippen molar-refractivity contribution in [2.45, 2.75) is 0 Å². The zero-order chi connectivity index (χ0) is 19.2. The van der Waals surface area contributed by atoms with E-state index in [1.165, 1.54) is 18.5 Å². The summed E-state index contributed by atoms with van der Waals surface area (Å²) in [6.07, 6.45) is 5.04. The van der Waals surface area contributed by atoms with Gasteiger partial charge in [-0.25, -0.2) is 14.4 Å². The van der Waals surface area contributed by atoms with Crippen molar-refractivity contribution < 1.29 is 9.13 Å². The number of fused-ring (bicyclic) bond motifs is 1. The molecule has 0 aliphatic heterocycles. The SMILES string of the molecule is C=C/C(=C\C=S)CNc1ncnc2c(OC)cc(-c3ccc(F)cc3)cc12. The molecule has 27 heavy (non-hydrogen) atoms. The highest BCUT2D eigenvalue weighted by molar-refractivity contribution is 7.79. The minimum Gasteiger partial charge on any atom is -0.494 e. The predicted octanol–water partition coefficient (Wildman–Crippen LogP) is 4.97. The zero-order valence-electron chi connectivity index (χ0n) is 14.8. The Morgan fingerprint density at radius 1 is 1.22 bits per heavy atom. The van der Waals surface area contributed by atoms with Crippen molar-refractivity contribution >= 4 is 34.3 Å². The van der Waals surface area contributed by atoms with E-state index in [1.54, 1.807) is 30.7 Å². The Morgan fingerprint density at radius 2 is 2.00 bits per heavy atom. The number of thiocarbonyl (C=S) groups is 1. The second-order valence-electron chi connectivity index (χ2n) is 5.74. The van der Waals surface area contributed by atoms with Gasteiger partial charge in [-0.15, -0.1) is 0 Å². The maximum absolute atomic E-state index is 13.3. The lowest BCUT2D eigenvalue weighted by Gasteiger charge is -2.13. The number of aromatic nitrogens is 2. The first-order valence-electron chi connectivity index (χ1n) is 8.25. The third-order valence-corrected chi connectivity index (χ3v) is 4.24. The summed E-state index contributed by atoms with van der Waals surface area (Å²) >= 11 is 4.87. The van der Waals surface area contributed by atoms with Gasteiger partial charge >= 0.3 is 0 Å². The maximum atomic E-state index is 13.3. The standard InChI is InChI=1S/C21H18FN3OS/c1-3-14(8-9-27)12-23-21-18-10-16(15-4-6-17(22)7-5-15)11-19(26-2)20(18)24-13-25-21/h3-11,13H,1,12H2,2H3,(H,23,24,25)/b14-8+. The van der Waals surface area contributed by atoms with Crippen LogP contribution in [0, 0.1) is 5.82 Å². The molecule has 3 aromatic rings. The average molecular weight is 379 g/mol. The number of rotatable bonds is 7. The molecule has 2 aromatic carbocycles. The van der Waals surface area contributed by atoms with Crippen molar-refractivity contribution in [2.75, 3.05) is 19.0 Å². The first kappa shape index (κ1) is 18.7. The van der Waals surface area contributed by atoms with E-state index in [0.717, 1.165) is 22.1 Å². The zero-order valence-corrected chi connectivity index (χ0v) is 15.6. The molecular formula is C21H18FN3OS. The maximum Gasteiger partial charge on any atom is 0.145 e. The Hall–Kier alpha value is -3.12. The first-order chi connectivity index (χ1) is 13.2. The average Bonchev–Trinajstić information content (AvgIpc) is 2.70. The second-order valence-corrected chi connectivity index (χ2v) is 6.01. The normalized spacial score (nSPS) is 11.3. The molecule has 0 spiro atoms. The second kappa shape index (κ2) is 8.51. The Balaban J connectivity index is 2.08. The topological polar surface area (TPSA) is 47.0 Å². The summed E-state index contributed by atoms with van der Waals surface area (Å²) in [6.45, 7) is 4.30. The molecule has 0 saturated heterocycles. The number of ether oxygens (including phenoxy) is 1. The van der Waals surface area contributed by atoms with Gasteiger partial charge in [0.1, 0.15) is 29.2 Å². The summed E-state index contributed by atoms with van der Waals surface area (Å²) in [4.78, 5) is 8.71. The van der Waals surface area contributed by atoms with E-state index >= 15 is 0 Å². The minimum atomic E-state index is -0.278. The fraction of sp³-hybridized carbons (Fsp3) is 0.0952. The number of hydrogen-bond acceptors (Lipinski definition) is 5. The van der Waals surface area contributed by atoms with E-state index < -0.39 is 0 Å². The van der Waals surface area contributed by atoms with E-state index in [0.29, 0.717) is 23.6 Å². The molecule has 3 rings (SSSR count). The van der Waals surface area contributed by atoms with Gasteiger partial charge < -0.3 is 10.1 Å². The van der Waals surface area contributed by atoms with Crippen LogP contribution in [0.3, 0.4) is 0 Å². The minimum absolute atomic E-state index is 0.278. The number of anilines is 1. The molecule has 0 aliphatic rings. The number of nitrogens with zero attached hydrogens (tertiary/aromatic N) is 2. The van der Waals surface area contributed by atoms with E-state index in [4.69, 9.17) is 17.0 Å². The van der Waals surface area contributed by atoms with Crippen LogP contribution < -0.4 is 10.1 Å². The lowest BCUT2D eigenvalue weighted by atomic mass is 10.0. The van der Waals surface area contributed by atoms with Crippen molar-refractivity contribution in [3.05, 3.63) is 72.8 Å². The quantitative estimate of drug-likeness (QED) is 0.357. The fourth-order valence-electron chi connectivity index (χ4n) is 2.71. The molecule has 0 fully saturated rings. The van der Waals surface area contributed by atoms with Crippen LogP contribution in [0.4, 0.5) is 10.2 Å². The molecule has 1 aromatic heterocycles. The number of halogens is 1. The Labute approximate surface area is 162 Å². The van der Waals surface area contributed by atoms with Gasteiger partial charge in [0.25, 0.3) is 0 Å². The van der Waals surface area contributed by atoms with Gasteiger partial charge in [-0.05, 0) is 47.0 Å². The summed E-state index contributed by atoms with van der Waals surface area (Å²) in [7, 11) is 1.59. The molecule has 136 valence electrons. The molecule has 0 saturated carbocycles. The highest BCUT2D eigenvalue weighted by Gasteiger charge is 2.12. The molecule has 0 atom stereocenters. The van der Waals surface area contributed by atoms with Crippen LogP contribution in [0.2, 0.25) is 0 Å². The van der Waals surface area contributed by atoms with Crippen LogP contribution >= 0.6 is 12.2 Å². The molecule has 6 heteroatoms. The Bertz CT molecular complexity index is 1020. The van der Waals surface area contributed by atoms with Crippen molar-refractivity contribution in [1.29, 1.82) is 0 Å². The molecule has 0 amide bonds. The summed E-state index contributed by atoms with van der Waals surface area (Å²) in [5.41, 5.74) is 3.40. The molecule has 0 aliphatic carbocycles. The molecule has 1 N–H and O–H groups in total. The lowest BCUT2D eigenvalue weighted by Crippen LogP contribution is -2.06. The molecule has 1 heterocycles. The highest BCUT2D eigenvalue weighted by Crippen LogP contribution is 2.34. The van der Waals surface area contributed by atoms with E-state index in [-0.39, 0.29) is 5.82 Å². The lowest BCUT2D eigenvalue weighted by molar-refractivity contribution is 0.419. The predicted molar refractivity (Wildman–Crippen MR) is 112 cm³/mol. The van der Waals surface area contributed by atoms with Crippen LogP contribution in [0.1, 0.15) is 0 Å². The van der Waals surface area contributed by atoms with Crippen molar-refractivity contribution in [2.24, 2.45) is 0 Å². The van der Waals surface area contributed by atoms with Gasteiger partial charge in [-0.1, -0.05) is 37.0 Å². The van der Waals surface area contributed by atoms with Crippen LogP contribution in [-0.4, -0.2) is 29.0 Å². The van der Waals surface area contributed by atoms with Gasteiger partial charge in [0.2, 0.25) is 0 Å². The van der Waals surface area contributed by atoms with Gasteiger partial charge in [0, 0.05) is 17.3 Å². The molecular weight excluding hydrogens is 361 g/mol. The largest absolute Gasteiger partial charge is 0.494 e. The van der Waals surface area contributed by atoms with Gasteiger partial charge in [-0.2, -0.15) is 0 Å². The Morgan fingerprint density at radius 3 is 2.67 bits per heavy atom. The monoisotopic (exact) mass is 379 g/mol. The van der Waals surface area contributed by atoms with Crippen molar-refractivity contribution in [1.82, 2.24) is 9.97 Å². The van der Waals surface area contributed by atoms with E-state index in [9.17, 15) is 4.39 Å². The summed E-state index contributed by atoms with van der Waals surface area (Å²) < 4.78 is 18.8. The van der Waals surface area contributed by atoms with E-state index in [2.05, 4.69) is 21.9 Å². The Kier molecular flexibility index (Phi) is 5.88. The first-order valence-corrected chi connectivity index (χ1v) is 8.72. The van der Waals surface area contributed by atoms with Crippen LogP contribution in [0.25, 0.3) is 22.0 Å². The number of benzene rings is 2. The summed E-state index contributed by atoms with van der Waals surface area (Å²) in [6, 6.07) is 10.2. The van der Waals surface area contributed by atoms with Gasteiger partial charge in [-0.3, -0.25) is 0 Å². The molecule has 0 radical (unpaired) electrons.